The van der Waals surface area contributed by atoms with Gasteiger partial charge in [-0.15, -0.1) is 0 Å². The molecule has 25 heavy (non-hydrogen) atoms. The summed E-state index contributed by atoms with van der Waals surface area (Å²) in [5.41, 5.74) is 0.458. The second-order valence-corrected chi connectivity index (χ2v) is 5.69. The first-order valence-corrected chi connectivity index (χ1v) is 7.69. The van der Waals surface area contributed by atoms with Crippen LogP contribution in [0.3, 0.4) is 0 Å². The van der Waals surface area contributed by atoms with Gasteiger partial charge in [0.25, 0.3) is 11.5 Å². The smallest absolute Gasteiger partial charge is 0.287 e. The minimum atomic E-state index is -1.03. The lowest BCUT2D eigenvalue weighted by Crippen LogP contribution is -2.38. The Kier molecular flexibility index (Phi) is 4.58. The van der Waals surface area contributed by atoms with Gasteiger partial charge in [0, 0.05) is 0 Å². The lowest BCUT2D eigenvalue weighted by atomic mass is 10.0. The third kappa shape index (κ3) is 3.56. The van der Waals surface area contributed by atoms with Crippen molar-refractivity contribution in [3.63, 3.8) is 0 Å². The van der Waals surface area contributed by atoms with Crippen molar-refractivity contribution >= 4 is 16.8 Å². The van der Waals surface area contributed by atoms with Gasteiger partial charge < -0.3 is 15.4 Å². The minimum Gasteiger partial charge on any atom is -0.386 e. The van der Waals surface area contributed by atoms with Gasteiger partial charge in [-0.05, 0) is 36.8 Å². The first-order valence-electron chi connectivity index (χ1n) is 7.69. The number of fused-ring (bicyclic) bond motifs is 1. The summed E-state index contributed by atoms with van der Waals surface area (Å²) in [4.78, 5) is 30.9. The van der Waals surface area contributed by atoms with Gasteiger partial charge >= 0.3 is 0 Å². The maximum Gasteiger partial charge on any atom is 0.287 e. The number of halogens is 1. The predicted octanol–water partition coefficient (Wildman–Crippen LogP) is 1.91. The second-order valence-electron chi connectivity index (χ2n) is 5.69. The Hall–Kier alpha value is -3.06. The Bertz CT molecular complexity index is 969. The summed E-state index contributed by atoms with van der Waals surface area (Å²) >= 11 is 0. The molecule has 2 aromatic carbocycles. The lowest BCUT2D eigenvalue weighted by Gasteiger charge is -2.20. The van der Waals surface area contributed by atoms with Gasteiger partial charge in [-0.25, -0.2) is 9.37 Å². The number of rotatable bonds is 4. The molecule has 0 spiro atoms. The Morgan fingerprint density at radius 2 is 1.88 bits per heavy atom. The molecule has 1 aromatic heterocycles. The third-order valence-corrected chi connectivity index (χ3v) is 3.87. The number of hydrogen-bond donors (Lipinski definition) is 3. The van der Waals surface area contributed by atoms with Gasteiger partial charge in [0.2, 0.25) is 0 Å². The molecule has 3 N–H and O–H groups in total. The number of amides is 1. The average Bonchev–Trinajstić information content (AvgIpc) is 2.61. The third-order valence-electron chi connectivity index (χ3n) is 3.87. The van der Waals surface area contributed by atoms with Crippen molar-refractivity contribution in [2.45, 2.75) is 19.1 Å². The number of hydrogen-bond acceptors (Lipinski definition) is 4. The van der Waals surface area contributed by atoms with Crippen LogP contribution in [0.5, 0.6) is 0 Å². The van der Waals surface area contributed by atoms with Crippen molar-refractivity contribution in [1.29, 1.82) is 0 Å². The van der Waals surface area contributed by atoms with Crippen LogP contribution < -0.4 is 10.9 Å². The number of aromatic nitrogens is 2. The van der Waals surface area contributed by atoms with Gasteiger partial charge in [-0.2, -0.15) is 0 Å². The van der Waals surface area contributed by atoms with Crippen molar-refractivity contribution in [2.24, 2.45) is 0 Å². The summed E-state index contributed by atoms with van der Waals surface area (Å²) in [5.74, 6) is -1.16. The molecule has 0 aliphatic rings. The molecule has 2 atom stereocenters. The zero-order valence-corrected chi connectivity index (χ0v) is 13.4. The summed E-state index contributed by atoms with van der Waals surface area (Å²) in [6.45, 7) is 1.60. The first-order chi connectivity index (χ1) is 12.0. The van der Waals surface area contributed by atoms with Crippen LogP contribution in [-0.2, 0) is 0 Å². The maximum atomic E-state index is 13.0. The summed E-state index contributed by atoms with van der Waals surface area (Å²) in [5, 5.41) is 13.2. The molecular weight excluding hydrogens is 325 g/mol. The zero-order valence-electron chi connectivity index (χ0n) is 13.4. The van der Waals surface area contributed by atoms with Crippen LogP contribution in [0, 0.1) is 5.82 Å². The van der Waals surface area contributed by atoms with Gasteiger partial charge in [-0.1, -0.05) is 24.3 Å². The van der Waals surface area contributed by atoms with E-state index in [0.29, 0.717) is 16.5 Å². The Labute approximate surface area is 142 Å². The van der Waals surface area contributed by atoms with E-state index in [2.05, 4.69) is 15.3 Å². The van der Waals surface area contributed by atoms with Crippen LogP contribution in [-0.4, -0.2) is 27.0 Å². The molecule has 7 heteroatoms. The van der Waals surface area contributed by atoms with E-state index in [1.165, 1.54) is 24.3 Å². The molecule has 6 nitrogen and oxygen atoms in total. The number of aromatic amines is 1. The number of carbonyl (C=O) groups excluding carboxylic acids is 1. The normalized spacial score (nSPS) is 13.4. The Balaban J connectivity index is 1.79. The highest BCUT2D eigenvalue weighted by molar-refractivity contribution is 5.92. The molecule has 0 saturated carbocycles. The van der Waals surface area contributed by atoms with Crippen molar-refractivity contribution in [2.75, 3.05) is 0 Å². The fourth-order valence-corrected chi connectivity index (χ4v) is 2.50. The molecule has 1 amide bonds. The molecule has 3 rings (SSSR count). The number of H-pyrrole nitrogens is 1. The Morgan fingerprint density at radius 1 is 1.20 bits per heavy atom. The van der Waals surface area contributed by atoms with Crippen LogP contribution in [0.2, 0.25) is 0 Å². The van der Waals surface area contributed by atoms with Crippen LogP contribution >= 0.6 is 0 Å². The molecule has 128 valence electrons. The van der Waals surface area contributed by atoms with Gasteiger partial charge in [0.15, 0.2) is 5.82 Å². The molecule has 0 aliphatic heterocycles. The standard InChI is InChI=1S/C18H16FN3O3/c1-10(15(23)11-6-8-12(19)9-7-11)20-18(25)16-21-14-5-3-2-4-13(14)17(24)22-16/h2-10,15,23H,1H3,(H,20,25)(H,21,22,24)/t10-,15-/m0/s1. The fourth-order valence-electron chi connectivity index (χ4n) is 2.50. The average molecular weight is 341 g/mol. The summed E-state index contributed by atoms with van der Waals surface area (Å²) in [6, 6.07) is 11.4. The summed E-state index contributed by atoms with van der Waals surface area (Å²) < 4.78 is 13.0. The van der Waals surface area contributed by atoms with E-state index in [9.17, 15) is 19.1 Å². The van der Waals surface area contributed by atoms with Crippen LogP contribution in [0.15, 0.2) is 53.3 Å². The molecule has 0 bridgehead atoms. The molecule has 0 aliphatic carbocycles. The van der Waals surface area contributed by atoms with Crippen molar-refractivity contribution in [3.05, 3.63) is 76.1 Å². The number of aliphatic hydroxyl groups excluding tert-OH is 1. The molecule has 0 unspecified atom stereocenters. The van der Waals surface area contributed by atoms with E-state index >= 15 is 0 Å². The van der Waals surface area contributed by atoms with Gasteiger partial charge in [0.05, 0.1) is 23.0 Å². The van der Waals surface area contributed by atoms with Crippen LogP contribution in [0.25, 0.3) is 10.9 Å². The molecular formula is C18H16FN3O3. The van der Waals surface area contributed by atoms with Crippen molar-refractivity contribution in [3.8, 4) is 0 Å². The number of nitrogens with zero attached hydrogens (tertiary/aromatic N) is 1. The SMILES string of the molecule is C[C@H](NC(=O)c1nc2ccccc2c(=O)[nH]1)[C@H](O)c1ccc(F)cc1. The van der Waals surface area contributed by atoms with E-state index in [-0.39, 0.29) is 5.82 Å². The number of nitrogens with one attached hydrogen (secondary N) is 2. The highest BCUT2D eigenvalue weighted by atomic mass is 19.1. The summed E-state index contributed by atoms with van der Waals surface area (Å²) in [7, 11) is 0. The van der Waals surface area contributed by atoms with Gasteiger partial charge in [0.1, 0.15) is 5.82 Å². The monoisotopic (exact) mass is 341 g/mol. The number of para-hydroxylation sites is 1. The quantitative estimate of drug-likeness (QED) is 0.675. The van der Waals surface area contributed by atoms with Crippen molar-refractivity contribution < 1.29 is 14.3 Å². The predicted molar refractivity (Wildman–Crippen MR) is 90.7 cm³/mol. The number of benzene rings is 2. The van der Waals surface area contributed by atoms with E-state index < -0.39 is 29.4 Å². The topological polar surface area (TPSA) is 95.1 Å². The number of carbonyl (C=O) groups is 1. The highest BCUT2D eigenvalue weighted by Crippen LogP contribution is 2.17. The van der Waals surface area contributed by atoms with Crippen molar-refractivity contribution in [1.82, 2.24) is 15.3 Å². The molecule has 0 saturated heterocycles. The van der Waals surface area contributed by atoms with E-state index in [1.807, 2.05) is 0 Å². The minimum absolute atomic E-state index is 0.137. The highest BCUT2D eigenvalue weighted by Gasteiger charge is 2.20. The molecule has 3 aromatic rings. The largest absolute Gasteiger partial charge is 0.386 e. The van der Waals surface area contributed by atoms with Crippen LogP contribution in [0.4, 0.5) is 4.39 Å². The second kappa shape index (κ2) is 6.82. The fraction of sp³-hybridized carbons (Fsp3) is 0.167. The maximum absolute atomic E-state index is 13.0. The van der Waals surface area contributed by atoms with Gasteiger partial charge in [-0.3, -0.25) is 9.59 Å². The van der Waals surface area contributed by atoms with E-state index in [4.69, 9.17) is 0 Å². The zero-order chi connectivity index (χ0) is 18.0. The molecule has 0 fully saturated rings. The number of aliphatic hydroxyl groups is 1. The van der Waals surface area contributed by atoms with E-state index in [1.54, 1.807) is 31.2 Å². The Morgan fingerprint density at radius 3 is 2.60 bits per heavy atom. The van der Waals surface area contributed by atoms with Crippen LogP contribution in [0.1, 0.15) is 29.2 Å². The molecule has 1 heterocycles. The first kappa shape index (κ1) is 16.8. The molecule has 0 radical (unpaired) electrons. The lowest BCUT2D eigenvalue weighted by molar-refractivity contribution is 0.0842. The van der Waals surface area contributed by atoms with E-state index in [0.717, 1.165) is 0 Å². The summed E-state index contributed by atoms with van der Waals surface area (Å²) in [6.07, 6.45) is -1.03.